The van der Waals surface area contributed by atoms with Crippen LogP contribution in [0.25, 0.3) is 0 Å². The second kappa shape index (κ2) is 2.79. The van der Waals surface area contributed by atoms with Crippen molar-refractivity contribution in [2.45, 2.75) is 13.0 Å². The average molecular weight is 166 g/mol. The molecule has 1 aromatic rings. The number of H-pyrrole nitrogens is 1. The minimum Gasteiger partial charge on any atom is -0.359 e. The van der Waals surface area contributed by atoms with E-state index in [1.54, 1.807) is 0 Å². The van der Waals surface area contributed by atoms with Gasteiger partial charge in [-0.25, -0.2) is 4.98 Å². The van der Waals surface area contributed by atoms with Crippen LogP contribution in [0.2, 0.25) is 0 Å². The van der Waals surface area contributed by atoms with Crippen molar-refractivity contribution in [3.05, 3.63) is 11.4 Å². The fraction of sp³-hybridized carbons (Fsp3) is 0.625. The molecule has 0 fully saturated rings. The summed E-state index contributed by atoms with van der Waals surface area (Å²) in [5.74, 6) is 0.885. The number of aromatic amines is 1. The molecule has 4 nitrogen and oxygen atoms in total. The zero-order valence-electron chi connectivity index (χ0n) is 7.52. The van der Waals surface area contributed by atoms with E-state index >= 15 is 0 Å². The van der Waals surface area contributed by atoms with E-state index in [-0.39, 0.29) is 0 Å². The van der Waals surface area contributed by atoms with Crippen molar-refractivity contribution >= 4 is 5.95 Å². The van der Waals surface area contributed by atoms with Crippen LogP contribution in [-0.4, -0.2) is 35.5 Å². The first-order chi connectivity index (χ1) is 5.79. The van der Waals surface area contributed by atoms with Crippen molar-refractivity contribution in [3.8, 4) is 0 Å². The normalized spacial score (nSPS) is 17.5. The van der Waals surface area contributed by atoms with E-state index in [1.807, 2.05) is 7.05 Å². The van der Waals surface area contributed by atoms with Gasteiger partial charge in [-0.1, -0.05) is 0 Å². The third-order valence-corrected chi connectivity index (χ3v) is 2.26. The number of likely N-dealkylation sites (N-methyl/N-ethyl adjacent to an activating group) is 1. The monoisotopic (exact) mass is 166 g/mol. The Morgan fingerprint density at radius 2 is 2.42 bits per heavy atom. The largest absolute Gasteiger partial charge is 0.359 e. The molecule has 0 aromatic carbocycles. The molecule has 0 bridgehead atoms. The van der Waals surface area contributed by atoms with Gasteiger partial charge in [-0.05, 0) is 7.05 Å². The predicted molar refractivity (Wildman–Crippen MR) is 48.2 cm³/mol. The molecular weight excluding hydrogens is 152 g/mol. The molecule has 0 atom stereocenters. The zero-order chi connectivity index (χ0) is 8.55. The van der Waals surface area contributed by atoms with Gasteiger partial charge in [-0.3, -0.25) is 0 Å². The lowest BCUT2D eigenvalue weighted by molar-refractivity contribution is 0.307. The maximum Gasteiger partial charge on any atom is 0.200 e. The Labute approximate surface area is 72.0 Å². The highest BCUT2D eigenvalue weighted by Gasteiger charge is 2.16. The highest BCUT2D eigenvalue weighted by Crippen LogP contribution is 2.16. The van der Waals surface area contributed by atoms with Crippen molar-refractivity contribution in [2.75, 3.05) is 26.0 Å². The number of hydrogen-bond acceptors (Lipinski definition) is 3. The number of nitrogens with zero attached hydrogens (tertiary/aromatic N) is 2. The highest BCUT2D eigenvalue weighted by molar-refractivity contribution is 5.31. The molecule has 2 rings (SSSR count). The van der Waals surface area contributed by atoms with Gasteiger partial charge in [0.1, 0.15) is 0 Å². The molecule has 0 amide bonds. The van der Waals surface area contributed by atoms with Gasteiger partial charge < -0.3 is 15.2 Å². The van der Waals surface area contributed by atoms with Crippen molar-refractivity contribution in [1.82, 2.24) is 14.9 Å². The molecular formula is C8H14N4. The minimum atomic E-state index is 0.885. The number of rotatable bonds is 1. The van der Waals surface area contributed by atoms with Crippen LogP contribution in [0, 0.1) is 0 Å². The molecule has 2 heterocycles. The molecule has 1 aromatic heterocycles. The van der Waals surface area contributed by atoms with Gasteiger partial charge in [0, 0.05) is 26.6 Å². The minimum absolute atomic E-state index is 0.885. The highest BCUT2D eigenvalue weighted by atomic mass is 15.2. The third kappa shape index (κ3) is 1.18. The van der Waals surface area contributed by atoms with Crippen molar-refractivity contribution in [1.29, 1.82) is 0 Å². The summed E-state index contributed by atoms with van der Waals surface area (Å²) in [7, 11) is 4.01. The quantitative estimate of drug-likeness (QED) is 0.636. The van der Waals surface area contributed by atoms with Crippen LogP contribution in [0.3, 0.4) is 0 Å². The topological polar surface area (TPSA) is 44.0 Å². The summed E-state index contributed by atoms with van der Waals surface area (Å²) in [4.78, 5) is 9.95. The molecule has 0 radical (unpaired) electrons. The summed E-state index contributed by atoms with van der Waals surface area (Å²) < 4.78 is 0. The maximum atomic E-state index is 4.41. The molecule has 1 aliphatic heterocycles. The first-order valence-electron chi connectivity index (χ1n) is 4.23. The van der Waals surface area contributed by atoms with Crippen LogP contribution >= 0.6 is 0 Å². The third-order valence-electron chi connectivity index (χ3n) is 2.26. The lowest BCUT2D eigenvalue weighted by Gasteiger charge is -2.20. The standard InChI is InChI=1S/C8H14N4/c1-9-8-10-6-3-4-12(2)5-7(6)11-8/h3-5H2,1-2H3,(H2,9,10,11). The average Bonchev–Trinajstić information content (AvgIpc) is 2.46. The summed E-state index contributed by atoms with van der Waals surface area (Å²) in [6.07, 6.45) is 1.06. The Morgan fingerprint density at radius 3 is 3.17 bits per heavy atom. The van der Waals surface area contributed by atoms with Crippen LogP contribution in [0.15, 0.2) is 0 Å². The smallest absolute Gasteiger partial charge is 0.200 e. The van der Waals surface area contributed by atoms with E-state index in [1.165, 1.54) is 11.4 Å². The molecule has 2 N–H and O–H groups in total. The fourth-order valence-electron chi connectivity index (χ4n) is 1.55. The van der Waals surface area contributed by atoms with Gasteiger partial charge in [0.2, 0.25) is 0 Å². The summed E-state index contributed by atoms with van der Waals surface area (Å²) in [5.41, 5.74) is 2.48. The Kier molecular flexibility index (Phi) is 1.77. The number of anilines is 1. The van der Waals surface area contributed by atoms with Crippen LogP contribution in [-0.2, 0) is 13.0 Å². The molecule has 66 valence electrons. The van der Waals surface area contributed by atoms with E-state index < -0.39 is 0 Å². The first kappa shape index (κ1) is 7.61. The predicted octanol–water partition coefficient (Wildman–Crippen LogP) is 0.439. The number of fused-ring (bicyclic) bond motifs is 1. The molecule has 1 aliphatic rings. The van der Waals surface area contributed by atoms with Gasteiger partial charge >= 0.3 is 0 Å². The SMILES string of the molecule is CNc1nc2c([nH]1)CN(C)CC2. The second-order valence-electron chi connectivity index (χ2n) is 3.25. The van der Waals surface area contributed by atoms with E-state index in [2.05, 4.69) is 27.2 Å². The summed E-state index contributed by atoms with van der Waals surface area (Å²) in [5, 5.41) is 3.01. The van der Waals surface area contributed by atoms with Gasteiger partial charge in [0.15, 0.2) is 5.95 Å². The van der Waals surface area contributed by atoms with Crippen molar-refractivity contribution in [3.63, 3.8) is 0 Å². The summed E-state index contributed by atoms with van der Waals surface area (Å²) >= 11 is 0. The number of hydrogen-bond donors (Lipinski definition) is 2. The molecule has 12 heavy (non-hydrogen) atoms. The van der Waals surface area contributed by atoms with E-state index in [4.69, 9.17) is 0 Å². The molecule has 0 saturated heterocycles. The molecule has 0 unspecified atom stereocenters. The van der Waals surface area contributed by atoms with Gasteiger partial charge in [0.05, 0.1) is 11.4 Å². The van der Waals surface area contributed by atoms with Crippen LogP contribution < -0.4 is 5.32 Å². The molecule has 4 heteroatoms. The Bertz CT molecular complexity index is 279. The molecule has 0 aliphatic carbocycles. The Morgan fingerprint density at radius 1 is 1.58 bits per heavy atom. The zero-order valence-corrected chi connectivity index (χ0v) is 7.52. The fourth-order valence-corrected chi connectivity index (χ4v) is 1.55. The lowest BCUT2D eigenvalue weighted by Crippen LogP contribution is -2.26. The summed E-state index contributed by atoms with van der Waals surface area (Å²) in [6, 6.07) is 0. The number of aromatic nitrogens is 2. The summed E-state index contributed by atoms with van der Waals surface area (Å²) in [6.45, 7) is 2.10. The van der Waals surface area contributed by atoms with Gasteiger partial charge in [0.25, 0.3) is 0 Å². The number of imidazole rings is 1. The van der Waals surface area contributed by atoms with Gasteiger partial charge in [-0.2, -0.15) is 0 Å². The maximum absolute atomic E-state index is 4.41. The van der Waals surface area contributed by atoms with E-state index in [0.29, 0.717) is 0 Å². The number of nitrogens with one attached hydrogen (secondary N) is 2. The van der Waals surface area contributed by atoms with E-state index in [0.717, 1.165) is 25.5 Å². The Hall–Kier alpha value is -1.03. The lowest BCUT2D eigenvalue weighted by atomic mass is 10.2. The molecule has 0 saturated carbocycles. The van der Waals surface area contributed by atoms with Crippen LogP contribution in [0.5, 0.6) is 0 Å². The first-order valence-corrected chi connectivity index (χ1v) is 4.23. The Balaban J connectivity index is 2.28. The van der Waals surface area contributed by atoms with Gasteiger partial charge in [-0.15, -0.1) is 0 Å². The second-order valence-corrected chi connectivity index (χ2v) is 3.25. The van der Waals surface area contributed by atoms with Crippen LogP contribution in [0.1, 0.15) is 11.4 Å². The van der Waals surface area contributed by atoms with Crippen molar-refractivity contribution in [2.24, 2.45) is 0 Å². The van der Waals surface area contributed by atoms with Crippen LogP contribution in [0.4, 0.5) is 5.95 Å². The molecule has 0 spiro atoms. The van der Waals surface area contributed by atoms with Crippen molar-refractivity contribution < 1.29 is 0 Å². The van der Waals surface area contributed by atoms with E-state index in [9.17, 15) is 0 Å².